The van der Waals surface area contributed by atoms with E-state index in [9.17, 15) is 4.39 Å². The van der Waals surface area contributed by atoms with Crippen LogP contribution in [0.25, 0.3) is 11.3 Å². The highest BCUT2D eigenvalue weighted by Gasteiger charge is 2.08. The fraction of sp³-hybridized carbons (Fsp3) is 0. The molecule has 0 saturated heterocycles. The number of benzene rings is 1. The van der Waals surface area contributed by atoms with E-state index in [1.807, 2.05) is 0 Å². The van der Waals surface area contributed by atoms with Crippen molar-refractivity contribution < 1.29 is 8.91 Å². The average Bonchev–Trinajstić information content (AvgIpc) is 2.53. The molecule has 0 saturated carbocycles. The molecule has 0 aliphatic rings. The molecule has 1 aromatic carbocycles. The summed E-state index contributed by atoms with van der Waals surface area (Å²) in [5.74, 6) is -0.302. The quantitative estimate of drug-likeness (QED) is 0.767. The lowest BCUT2D eigenvalue weighted by Crippen LogP contribution is -1.81. The van der Waals surface area contributed by atoms with Crippen molar-refractivity contribution in [2.75, 3.05) is 0 Å². The van der Waals surface area contributed by atoms with Gasteiger partial charge in [-0.2, -0.15) is 0 Å². The summed E-state index contributed by atoms with van der Waals surface area (Å²) in [5.41, 5.74) is 0.932. The molecule has 0 atom stereocenters. The van der Waals surface area contributed by atoms with Crippen LogP contribution in [0.4, 0.5) is 4.39 Å². The van der Waals surface area contributed by atoms with Gasteiger partial charge in [0.25, 0.3) is 0 Å². The summed E-state index contributed by atoms with van der Waals surface area (Å²) in [6, 6.07) is 8.05. The van der Waals surface area contributed by atoms with Gasteiger partial charge in [0, 0.05) is 11.6 Å². The molecule has 2 rings (SSSR count). The molecule has 0 bridgehead atoms. The third-order valence-corrected chi connectivity index (χ3v) is 2.00. The maximum Gasteiger partial charge on any atom is 0.202 e. The summed E-state index contributed by atoms with van der Waals surface area (Å²) >= 11 is 3.10. The topological polar surface area (TPSA) is 26.0 Å². The molecule has 0 aliphatic carbocycles. The second kappa shape index (κ2) is 3.30. The summed E-state index contributed by atoms with van der Waals surface area (Å²) in [6.45, 7) is 0. The molecule has 0 radical (unpaired) electrons. The Bertz CT molecular complexity index is 427. The minimum absolute atomic E-state index is 0.302. The van der Waals surface area contributed by atoms with Crippen LogP contribution in [-0.4, -0.2) is 5.16 Å². The minimum atomic E-state index is -0.302. The zero-order chi connectivity index (χ0) is 9.26. The highest BCUT2D eigenvalue weighted by Crippen LogP contribution is 2.23. The van der Waals surface area contributed by atoms with Gasteiger partial charge in [-0.05, 0) is 28.1 Å². The first-order valence-corrected chi connectivity index (χ1v) is 4.44. The molecule has 2 nitrogen and oxygen atoms in total. The van der Waals surface area contributed by atoms with E-state index in [2.05, 4.69) is 21.1 Å². The van der Waals surface area contributed by atoms with Crippen molar-refractivity contribution in [2.45, 2.75) is 0 Å². The number of nitrogens with zero attached hydrogens (tertiary/aromatic N) is 1. The Morgan fingerprint density at radius 1 is 1.31 bits per heavy atom. The second-order valence-electron chi connectivity index (χ2n) is 2.50. The Hall–Kier alpha value is -1.16. The van der Waals surface area contributed by atoms with Crippen molar-refractivity contribution in [2.24, 2.45) is 0 Å². The summed E-state index contributed by atoms with van der Waals surface area (Å²) < 4.78 is 18.5. The molecule has 0 fully saturated rings. The molecule has 1 aromatic heterocycles. The monoisotopic (exact) mass is 241 g/mol. The van der Waals surface area contributed by atoms with E-state index in [-0.39, 0.29) is 5.82 Å². The molecule has 2 aromatic rings. The van der Waals surface area contributed by atoms with Gasteiger partial charge in [0.1, 0.15) is 11.5 Å². The second-order valence-corrected chi connectivity index (χ2v) is 3.28. The Balaban J connectivity index is 2.52. The third-order valence-electron chi connectivity index (χ3n) is 1.63. The van der Waals surface area contributed by atoms with Gasteiger partial charge in [0.15, 0.2) is 0 Å². The van der Waals surface area contributed by atoms with Crippen molar-refractivity contribution in [1.29, 1.82) is 0 Å². The molecule has 0 spiro atoms. The summed E-state index contributed by atoms with van der Waals surface area (Å²) in [7, 11) is 0. The highest BCUT2D eigenvalue weighted by atomic mass is 79.9. The Kier molecular flexibility index (Phi) is 2.14. The fourth-order valence-corrected chi connectivity index (χ4v) is 1.34. The smallest absolute Gasteiger partial charge is 0.202 e. The summed E-state index contributed by atoms with van der Waals surface area (Å²) in [4.78, 5) is 0. The molecule has 13 heavy (non-hydrogen) atoms. The first kappa shape index (κ1) is 8.44. The van der Waals surface area contributed by atoms with Crippen LogP contribution in [0.3, 0.4) is 0 Å². The Morgan fingerprint density at radius 2 is 2.08 bits per heavy atom. The van der Waals surface area contributed by atoms with Crippen LogP contribution in [0.15, 0.2) is 39.5 Å². The van der Waals surface area contributed by atoms with Crippen LogP contribution in [0.2, 0.25) is 0 Å². The molecule has 0 aliphatic heterocycles. The number of aromatic nitrogens is 1. The number of hydrogen-bond donors (Lipinski definition) is 0. The minimum Gasteiger partial charge on any atom is -0.349 e. The van der Waals surface area contributed by atoms with E-state index >= 15 is 0 Å². The maximum absolute atomic E-state index is 13.2. The molecule has 66 valence electrons. The van der Waals surface area contributed by atoms with Gasteiger partial charge in [-0.3, -0.25) is 0 Å². The fourth-order valence-electron chi connectivity index (χ4n) is 1.05. The Labute approximate surface area is 82.5 Å². The lowest BCUT2D eigenvalue weighted by atomic mass is 10.1. The third kappa shape index (κ3) is 1.62. The number of halogens is 2. The van der Waals surface area contributed by atoms with Gasteiger partial charge in [-0.15, -0.1) is 0 Å². The van der Waals surface area contributed by atoms with Crippen LogP contribution in [0.5, 0.6) is 0 Å². The number of hydrogen-bond acceptors (Lipinski definition) is 2. The van der Waals surface area contributed by atoms with Crippen molar-refractivity contribution in [3.63, 3.8) is 0 Å². The normalized spacial score (nSPS) is 10.3. The van der Waals surface area contributed by atoms with Gasteiger partial charge < -0.3 is 4.52 Å². The van der Waals surface area contributed by atoms with E-state index in [0.717, 1.165) is 0 Å². The standard InChI is InChI=1S/C9H5BrFNO/c10-9-5-8(12-13-9)6-3-1-2-4-7(6)11/h1-5H. The predicted octanol–water partition coefficient (Wildman–Crippen LogP) is 3.24. The van der Waals surface area contributed by atoms with Gasteiger partial charge in [0.05, 0.1) is 0 Å². The van der Waals surface area contributed by atoms with Crippen molar-refractivity contribution >= 4 is 15.9 Å². The van der Waals surface area contributed by atoms with E-state index in [4.69, 9.17) is 4.52 Å². The van der Waals surface area contributed by atoms with Gasteiger partial charge in [-0.25, -0.2) is 4.39 Å². The Morgan fingerprint density at radius 3 is 2.69 bits per heavy atom. The SMILES string of the molecule is Fc1ccccc1-c1cc(Br)on1. The lowest BCUT2D eigenvalue weighted by Gasteiger charge is -1.95. The molecule has 0 N–H and O–H groups in total. The molecule has 0 amide bonds. The van der Waals surface area contributed by atoms with Gasteiger partial charge in [-0.1, -0.05) is 17.3 Å². The average molecular weight is 242 g/mol. The molecule has 0 unspecified atom stereocenters. The van der Waals surface area contributed by atoms with E-state index in [0.29, 0.717) is 15.9 Å². The molecular weight excluding hydrogens is 237 g/mol. The first-order chi connectivity index (χ1) is 6.27. The predicted molar refractivity (Wildman–Crippen MR) is 49.6 cm³/mol. The summed E-state index contributed by atoms with van der Waals surface area (Å²) in [5, 5.41) is 3.68. The number of rotatable bonds is 1. The maximum atomic E-state index is 13.2. The molecule has 4 heteroatoms. The van der Waals surface area contributed by atoms with Crippen molar-refractivity contribution in [3.05, 3.63) is 40.8 Å². The van der Waals surface area contributed by atoms with Crippen LogP contribution in [0.1, 0.15) is 0 Å². The van der Waals surface area contributed by atoms with Crippen LogP contribution >= 0.6 is 15.9 Å². The molecular formula is C9H5BrFNO. The van der Waals surface area contributed by atoms with E-state index in [1.54, 1.807) is 24.3 Å². The first-order valence-electron chi connectivity index (χ1n) is 3.64. The molecule has 1 heterocycles. The highest BCUT2D eigenvalue weighted by molar-refractivity contribution is 9.10. The van der Waals surface area contributed by atoms with Gasteiger partial charge >= 0.3 is 0 Å². The largest absolute Gasteiger partial charge is 0.349 e. The summed E-state index contributed by atoms with van der Waals surface area (Å²) in [6.07, 6.45) is 0. The van der Waals surface area contributed by atoms with Crippen LogP contribution in [-0.2, 0) is 0 Å². The van der Waals surface area contributed by atoms with Gasteiger partial charge in [0.2, 0.25) is 4.67 Å². The van der Waals surface area contributed by atoms with E-state index < -0.39 is 0 Å². The van der Waals surface area contributed by atoms with Crippen LogP contribution < -0.4 is 0 Å². The van der Waals surface area contributed by atoms with Crippen LogP contribution in [0, 0.1) is 5.82 Å². The lowest BCUT2D eigenvalue weighted by molar-refractivity contribution is 0.402. The zero-order valence-corrected chi connectivity index (χ0v) is 8.08. The van der Waals surface area contributed by atoms with Crippen molar-refractivity contribution in [1.82, 2.24) is 5.16 Å². The zero-order valence-electron chi connectivity index (χ0n) is 6.50. The van der Waals surface area contributed by atoms with Crippen molar-refractivity contribution in [3.8, 4) is 11.3 Å². The van der Waals surface area contributed by atoms with E-state index in [1.165, 1.54) is 6.07 Å².